The van der Waals surface area contributed by atoms with Gasteiger partial charge in [0.2, 0.25) is 0 Å². The minimum atomic E-state index is -0.0472. The van der Waals surface area contributed by atoms with Crippen molar-refractivity contribution in [3.8, 4) is 0 Å². The molecule has 1 rings (SSSR count). The molecule has 2 heteroatoms. The van der Waals surface area contributed by atoms with Crippen LogP contribution in [0.5, 0.6) is 0 Å². The molecule has 4 unspecified atom stereocenters. The van der Waals surface area contributed by atoms with E-state index in [0.29, 0.717) is 17.9 Å². The number of aliphatic hydroxyl groups is 1. The second kappa shape index (κ2) is 5.72. The highest BCUT2D eigenvalue weighted by Crippen LogP contribution is 2.32. The van der Waals surface area contributed by atoms with E-state index in [1.807, 2.05) is 0 Å². The fraction of sp³-hybridized carbons (Fsp3) is 1.00. The van der Waals surface area contributed by atoms with Gasteiger partial charge in [0.05, 0.1) is 12.2 Å². The summed E-state index contributed by atoms with van der Waals surface area (Å²) in [5, 5.41) is 9.59. The Balaban J connectivity index is 2.31. The maximum Gasteiger partial charge on any atom is 0.0545 e. The SMILES string of the molecule is COC(C)CC(C)C1CCCC(O)C1. The highest BCUT2D eigenvalue weighted by Gasteiger charge is 2.25. The van der Waals surface area contributed by atoms with Crippen LogP contribution in [-0.2, 0) is 4.74 Å². The molecule has 0 spiro atoms. The van der Waals surface area contributed by atoms with E-state index in [0.717, 1.165) is 19.3 Å². The average molecular weight is 200 g/mol. The van der Waals surface area contributed by atoms with Gasteiger partial charge in [-0.25, -0.2) is 0 Å². The van der Waals surface area contributed by atoms with Gasteiger partial charge in [0, 0.05) is 7.11 Å². The summed E-state index contributed by atoms with van der Waals surface area (Å²) >= 11 is 0. The lowest BCUT2D eigenvalue weighted by Crippen LogP contribution is -2.26. The van der Waals surface area contributed by atoms with Gasteiger partial charge in [-0.15, -0.1) is 0 Å². The average Bonchev–Trinajstić information content (AvgIpc) is 2.17. The molecule has 1 aliphatic carbocycles. The van der Waals surface area contributed by atoms with Crippen molar-refractivity contribution in [3.63, 3.8) is 0 Å². The van der Waals surface area contributed by atoms with Gasteiger partial charge in [0.1, 0.15) is 0 Å². The van der Waals surface area contributed by atoms with E-state index < -0.39 is 0 Å². The Morgan fingerprint density at radius 3 is 2.64 bits per heavy atom. The van der Waals surface area contributed by atoms with E-state index in [-0.39, 0.29) is 6.10 Å². The summed E-state index contributed by atoms with van der Waals surface area (Å²) in [6.45, 7) is 4.41. The Morgan fingerprint density at radius 1 is 1.36 bits per heavy atom. The molecular weight excluding hydrogens is 176 g/mol. The van der Waals surface area contributed by atoms with Crippen LogP contribution in [0.15, 0.2) is 0 Å². The zero-order valence-electron chi connectivity index (χ0n) is 9.70. The summed E-state index contributed by atoms with van der Waals surface area (Å²) in [4.78, 5) is 0. The standard InChI is InChI=1S/C12H24O2/c1-9(7-10(2)14-3)11-5-4-6-12(13)8-11/h9-13H,4-8H2,1-3H3. The van der Waals surface area contributed by atoms with E-state index in [1.54, 1.807) is 7.11 Å². The van der Waals surface area contributed by atoms with Crippen molar-refractivity contribution in [1.29, 1.82) is 0 Å². The molecule has 84 valence electrons. The van der Waals surface area contributed by atoms with Crippen LogP contribution in [0.3, 0.4) is 0 Å². The van der Waals surface area contributed by atoms with Crippen LogP contribution >= 0.6 is 0 Å². The Hall–Kier alpha value is -0.0800. The van der Waals surface area contributed by atoms with Crippen molar-refractivity contribution in [2.75, 3.05) is 7.11 Å². The molecule has 2 nitrogen and oxygen atoms in total. The molecule has 14 heavy (non-hydrogen) atoms. The van der Waals surface area contributed by atoms with E-state index in [9.17, 15) is 5.11 Å². The van der Waals surface area contributed by atoms with E-state index in [2.05, 4.69) is 13.8 Å². The number of hydrogen-bond donors (Lipinski definition) is 1. The van der Waals surface area contributed by atoms with Gasteiger partial charge in [-0.1, -0.05) is 19.8 Å². The first-order valence-electron chi connectivity index (χ1n) is 5.84. The number of ether oxygens (including phenoxy) is 1. The van der Waals surface area contributed by atoms with Crippen molar-refractivity contribution in [2.24, 2.45) is 11.8 Å². The first kappa shape index (κ1) is 12.0. The van der Waals surface area contributed by atoms with Crippen LogP contribution in [0.4, 0.5) is 0 Å². The quantitative estimate of drug-likeness (QED) is 0.756. The molecular formula is C12H24O2. The predicted octanol–water partition coefficient (Wildman–Crippen LogP) is 2.60. The van der Waals surface area contributed by atoms with Gasteiger partial charge in [0.15, 0.2) is 0 Å². The summed E-state index contributed by atoms with van der Waals surface area (Å²) in [5.74, 6) is 1.39. The highest BCUT2D eigenvalue weighted by atomic mass is 16.5. The zero-order chi connectivity index (χ0) is 10.6. The summed E-state index contributed by atoms with van der Waals surface area (Å²) in [5.41, 5.74) is 0. The molecule has 1 aliphatic rings. The fourth-order valence-electron chi connectivity index (χ4n) is 2.53. The molecule has 1 fully saturated rings. The Labute approximate surface area is 87.7 Å². The lowest BCUT2D eigenvalue weighted by Gasteiger charge is -2.31. The molecule has 0 amide bonds. The number of hydrogen-bond acceptors (Lipinski definition) is 2. The lowest BCUT2D eigenvalue weighted by molar-refractivity contribution is 0.0522. The van der Waals surface area contributed by atoms with Crippen molar-refractivity contribution in [2.45, 2.75) is 58.2 Å². The summed E-state index contributed by atoms with van der Waals surface area (Å²) < 4.78 is 5.28. The summed E-state index contributed by atoms with van der Waals surface area (Å²) in [7, 11) is 1.77. The van der Waals surface area contributed by atoms with Gasteiger partial charge in [0.25, 0.3) is 0 Å². The van der Waals surface area contributed by atoms with Crippen LogP contribution in [0.2, 0.25) is 0 Å². The number of rotatable bonds is 4. The third kappa shape index (κ3) is 3.58. The lowest BCUT2D eigenvalue weighted by atomic mass is 9.77. The first-order valence-corrected chi connectivity index (χ1v) is 5.84. The van der Waals surface area contributed by atoms with Gasteiger partial charge < -0.3 is 9.84 Å². The molecule has 0 heterocycles. The molecule has 0 aromatic carbocycles. The monoisotopic (exact) mass is 200 g/mol. The Kier molecular flexibility index (Phi) is 4.90. The van der Waals surface area contributed by atoms with E-state index >= 15 is 0 Å². The second-order valence-electron chi connectivity index (χ2n) is 4.84. The van der Waals surface area contributed by atoms with Crippen LogP contribution in [0.25, 0.3) is 0 Å². The van der Waals surface area contributed by atoms with Gasteiger partial charge in [-0.2, -0.15) is 0 Å². The third-order valence-corrected chi connectivity index (χ3v) is 3.60. The molecule has 1 N–H and O–H groups in total. The Morgan fingerprint density at radius 2 is 2.07 bits per heavy atom. The minimum Gasteiger partial charge on any atom is -0.393 e. The van der Waals surface area contributed by atoms with Gasteiger partial charge in [-0.3, -0.25) is 0 Å². The topological polar surface area (TPSA) is 29.5 Å². The maximum atomic E-state index is 9.59. The zero-order valence-corrected chi connectivity index (χ0v) is 9.70. The first-order chi connectivity index (χ1) is 6.63. The predicted molar refractivity (Wildman–Crippen MR) is 58.2 cm³/mol. The minimum absolute atomic E-state index is 0.0472. The van der Waals surface area contributed by atoms with E-state index in [1.165, 1.54) is 12.8 Å². The summed E-state index contributed by atoms with van der Waals surface area (Å²) in [6, 6.07) is 0. The molecule has 0 radical (unpaired) electrons. The van der Waals surface area contributed by atoms with Gasteiger partial charge >= 0.3 is 0 Å². The molecule has 0 saturated heterocycles. The normalized spacial score (nSPS) is 32.6. The van der Waals surface area contributed by atoms with Crippen LogP contribution < -0.4 is 0 Å². The molecule has 0 aromatic heterocycles. The molecule has 4 atom stereocenters. The highest BCUT2D eigenvalue weighted by molar-refractivity contribution is 4.77. The smallest absolute Gasteiger partial charge is 0.0545 e. The van der Waals surface area contributed by atoms with Crippen molar-refractivity contribution >= 4 is 0 Å². The van der Waals surface area contributed by atoms with Crippen molar-refractivity contribution in [1.82, 2.24) is 0 Å². The number of aliphatic hydroxyl groups excluding tert-OH is 1. The van der Waals surface area contributed by atoms with Gasteiger partial charge in [-0.05, 0) is 38.0 Å². The van der Waals surface area contributed by atoms with Crippen molar-refractivity contribution < 1.29 is 9.84 Å². The molecule has 0 bridgehead atoms. The number of methoxy groups -OCH3 is 1. The van der Waals surface area contributed by atoms with Crippen LogP contribution in [0, 0.1) is 11.8 Å². The molecule has 0 aromatic rings. The maximum absolute atomic E-state index is 9.59. The third-order valence-electron chi connectivity index (χ3n) is 3.60. The second-order valence-corrected chi connectivity index (χ2v) is 4.84. The largest absolute Gasteiger partial charge is 0.393 e. The molecule has 0 aliphatic heterocycles. The van der Waals surface area contributed by atoms with Crippen molar-refractivity contribution in [3.05, 3.63) is 0 Å². The molecule has 1 saturated carbocycles. The Bertz CT molecular complexity index is 158. The summed E-state index contributed by atoms with van der Waals surface area (Å²) in [6.07, 6.45) is 5.90. The van der Waals surface area contributed by atoms with Crippen LogP contribution in [-0.4, -0.2) is 24.4 Å². The van der Waals surface area contributed by atoms with Crippen LogP contribution in [0.1, 0.15) is 46.0 Å². The van der Waals surface area contributed by atoms with E-state index in [4.69, 9.17) is 4.74 Å². The fourth-order valence-corrected chi connectivity index (χ4v) is 2.53.